The maximum atomic E-state index is 4.24. The molecule has 2 heterocycles. The highest BCUT2D eigenvalue weighted by Gasteiger charge is 2.21. The molecule has 4 nitrogen and oxygen atoms in total. The molecule has 1 aliphatic rings. The van der Waals surface area contributed by atoms with E-state index in [1.54, 1.807) is 6.33 Å². The summed E-state index contributed by atoms with van der Waals surface area (Å²) in [6.45, 7) is 1.07. The lowest BCUT2D eigenvalue weighted by Crippen LogP contribution is -2.17. The Labute approximate surface area is 108 Å². The Hall–Kier alpha value is -1.20. The molecule has 1 unspecified atom stereocenters. The van der Waals surface area contributed by atoms with Gasteiger partial charge in [-0.05, 0) is 37.6 Å². The van der Waals surface area contributed by atoms with Gasteiger partial charge in [-0.2, -0.15) is 0 Å². The molecule has 1 aromatic heterocycles. The minimum atomic E-state index is 0.330. The fourth-order valence-corrected chi connectivity index (χ4v) is 2.60. The summed E-state index contributed by atoms with van der Waals surface area (Å²) in [6, 6.07) is 8.50. The van der Waals surface area contributed by atoms with Crippen molar-refractivity contribution in [2.45, 2.75) is 18.9 Å². The van der Waals surface area contributed by atoms with Gasteiger partial charge in [0.05, 0.1) is 6.04 Å². The highest BCUT2D eigenvalue weighted by atomic mass is 79.9. The molecule has 0 amide bonds. The van der Waals surface area contributed by atoms with Crippen LogP contribution >= 0.6 is 15.9 Å². The van der Waals surface area contributed by atoms with Gasteiger partial charge in [0, 0.05) is 10.2 Å². The first-order chi connectivity index (χ1) is 8.34. The lowest BCUT2D eigenvalue weighted by Gasteiger charge is -2.12. The molecule has 1 fully saturated rings. The van der Waals surface area contributed by atoms with Gasteiger partial charge in [0.15, 0.2) is 5.82 Å². The fourth-order valence-electron chi connectivity index (χ4n) is 2.21. The number of nitrogens with one attached hydrogen (secondary N) is 1. The molecule has 17 heavy (non-hydrogen) atoms. The number of rotatable bonds is 2. The van der Waals surface area contributed by atoms with Crippen LogP contribution in [0.1, 0.15) is 24.7 Å². The van der Waals surface area contributed by atoms with Crippen molar-refractivity contribution in [3.8, 4) is 5.69 Å². The highest BCUT2D eigenvalue weighted by Crippen LogP contribution is 2.24. The molecule has 2 aromatic rings. The molecule has 0 bridgehead atoms. The van der Waals surface area contributed by atoms with E-state index in [-0.39, 0.29) is 0 Å². The Bertz CT molecular complexity index is 517. The Kier molecular flexibility index (Phi) is 2.94. The minimum absolute atomic E-state index is 0.330. The van der Waals surface area contributed by atoms with Crippen LogP contribution in [0.4, 0.5) is 0 Å². The Balaban J connectivity index is 2.00. The molecule has 0 radical (unpaired) electrons. The topological polar surface area (TPSA) is 42.7 Å². The number of benzene rings is 1. The molecule has 3 rings (SSSR count). The van der Waals surface area contributed by atoms with E-state index >= 15 is 0 Å². The monoisotopic (exact) mass is 292 g/mol. The van der Waals surface area contributed by atoms with Gasteiger partial charge in [-0.1, -0.05) is 22.0 Å². The molecule has 0 saturated carbocycles. The van der Waals surface area contributed by atoms with Gasteiger partial charge >= 0.3 is 0 Å². The molecule has 0 aliphatic carbocycles. The van der Waals surface area contributed by atoms with Crippen LogP contribution in [0.3, 0.4) is 0 Å². The summed E-state index contributed by atoms with van der Waals surface area (Å²) in [4.78, 5) is 0. The predicted octanol–water partition coefficient (Wildman–Crippen LogP) is 2.45. The summed E-state index contributed by atoms with van der Waals surface area (Å²) >= 11 is 3.49. The zero-order valence-electron chi connectivity index (χ0n) is 9.31. The molecule has 1 aromatic carbocycles. The number of aromatic nitrogens is 3. The van der Waals surface area contributed by atoms with E-state index in [1.165, 1.54) is 6.42 Å². The molecule has 5 heteroatoms. The van der Waals surface area contributed by atoms with Gasteiger partial charge in [-0.3, -0.25) is 4.57 Å². The number of hydrogen-bond donors (Lipinski definition) is 1. The van der Waals surface area contributed by atoms with Crippen LogP contribution in [0.2, 0.25) is 0 Å². The summed E-state index contributed by atoms with van der Waals surface area (Å²) < 4.78 is 3.11. The first-order valence-corrected chi connectivity index (χ1v) is 6.53. The average Bonchev–Trinajstić information content (AvgIpc) is 3.00. The summed E-state index contributed by atoms with van der Waals surface area (Å²) in [5, 5.41) is 11.7. The molecule has 1 atom stereocenters. The third-order valence-corrected chi connectivity index (χ3v) is 3.53. The second-order valence-electron chi connectivity index (χ2n) is 4.19. The van der Waals surface area contributed by atoms with Crippen LogP contribution in [0.15, 0.2) is 35.1 Å². The van der Waals surface area contributed by atoms with Gasteiger partial charge in [0.25, 0.3) is 0 Å². The largest absolute Gasteiger partial charge is 0.307 e. The van der Waals surface area contributed by atoms with Gasteiger partial charge in [-0.15, -0.1) is 10.2 Å². The first kappa shape index (κ1) is 10.9. The van der Waals surface area contributed by atoms with Gasteiger partial charge < -0.3 is 5.32 Å². The van der Waals surface area contributed by atoms with Crippen molar-refractivity contribution in [3.63, 3.8) is 0 Å². The standard InChI is InChI=1S/C12H13BrN4/c13-9-3-1-4-10(7-9)17-8-15-16-12(17)11-5-2-6-14-11/h1,3-4,7-8,11,14H,2,5-6H2. The van der Waals surface area contributed by atoms with E-state index in [1.807, 2.05) is 16.7 Å². The van der Waals surface area contributed by atoms with Crippen LogP contribution in [0.5, 0.6) is 0 Å². The van der Waals surface area contributed by atoms with Gasteiger partial charge in [-0.25, -0.2) is 0 Å². The zero-order valence-corrected chi connectivity index (χ0v) is 10.9. The van der Waals surface area contributed by atoms with Crippen molar-refractivity contribution in [2.24, 2.45) is 0 Å². The summed E-state index contributed by atoms with van der Waals surface area (Å²) in [6.07, 6.45) is 4.11. The third kappa shape index (κ3) is 2.12. The predicted molar refractivity (Wildman–Crippen MR) is 69.0 cm³/mol. The number of hydrogen-bond acceptors (Lipinski definition) is 3. The molecular formula is C12H13BrN4. The maximum Gasteiger partial charge on any atom is 0.154 e. The summed E-state index contributed by atoms with van der Waals surface area (Å²) in [7, 11) is 0. The van der Waals surface area contributed by atoms with E-state index in [4.69, 9.17) is 0 Å². The smallest absolute Gasteiger partial charge is 0.154 e. The lowest BCUT2D eigenvalue weighted by molar-refractivity contribution is 0.592. The molecular weight excluding hydrogens is 280 g/mol. The average molecular weight is 293 g/mol. The SMILES string of the molecule is Brc1cccc(-n2cnnc2C2CCCN2)c1. The first-order valence-electron chi connectivity index (χ1n) is 5.74. The highest BCUT2D eigenvalue weighted by molar-refractivity contribution is 9.10. The van der Waals surface area contributed by atoms with Crippen LogP contribution in [-0.2, 0) is 0 Å². The van der Waals surface area contributed by atoms with Crippen LogP contribution in [0.25, 0.3) is 5.69 Å². The summed E-state index contributed by atoms with van der Waals surface area (Å²) in [5.74, 6) is 1.00. The molecule has 88 valence electrons. The molecule has 1 saturated heterocycles. The summed E-state index contributed by atoms with van der Waals surface area (Å²) in [5.41, 5.74) is 1.09. The minimum Gasteiger partial charge on any atom is -0.307 e. The van der Waals surface area contributed by atoms with E-state index in [0.717, 1.165) is 29.0 Å². The fraction of sp³-hybridized carbons (Fsp3) is 0.333. The quantitative estimate of drug-likeness (QED) is 0.925. The number of halogens is 1. The van der Waals surface area contributed by atoms with Gasteiger partial charge in [0.2, 0.25) is 0 Å². The normalized spacial score (nSPS) is 19.7. The van der Waals surface area contributed by atoms with Crippen molar-refractivity contribution < 1.29 is 0 Å². The van der Waals surface area contributed by atoms with E-state index in [0.29, 0.717) is 6.04 Å². The van der Waals surface area contributed by atoms with Crippen molar-refractivity contribution in [1.29, 1.82) is 0 Å². The number of nitrogens with zero attached hydrogens (tertiary/aromatic N) is 3. The van der Waals surface area contributed by atoms with E-state index < -0.39 is 0 Å². The molecule has 0 spiro atoms. The van der Waals surface area contributed by atoms with Crippen molar-refractivity contribution in [2.75, 3.05) is 6.54 Å². The maximum absolute atomic E-state index is 4.24. The van der Waals surface area contributed by atoms with Crippen LogP contribution in [-0.4, -0.2) is 21.3 Å². The van der Waals surface area contributed by atoms with Crippen molar-refractivity contribution in [3.05, 3.63) is 40.9 Å². The lowest BCUT2D eigenvalue weighted by atomic mass is 10.2. The van der Waals surface area contributed by atoms with Gasteiger partial charge in [0.1, 0.15) is 6.33 Å². The van der Waals surface area contributed by atoms with Crippen LogP contribution in [0, 0.1) is 0 Å². The molecule has 1 N–H and O–H groups in total. The van der Waals surface area contributed by atoms with Crippen LogP contribution < -0.4 is 5.32 Å². The van der Waals surface area contributed by atoms with E-state index in [9.17, 15) is 0 Å². The van der Waals surface area contributed by atoms with Crippen molar-refractivity contribution >= 4 is 15.9 Å². The second kappa shape index (κ2) is 4.58. The second-order valence-corrected chi connectivity index (χ2v) is 5.10. The Morgan fingerprint density at radius 3 is 3.12 bits per heavy atom. The third-order valence-electron chi connectivity index (χ3n) is 3.03. The Morgan fingerprint density at radius 2 is 2.35 bits per heavy atom. The Morgan fingerprint density at radius 1 is 1.41 bits per heavy atom. The zero-order chi connectivity index (χ0) is 11.7. The van der Waals surface area contributed by atoms with Crippen molar-refractivity contribution in [1.82, 2.24) is 20.1 Å². The van der Waals surface area contributed by atoms with E-state index in [2.05, 4.69) is 43.6 Å². The molecule has 1 aliphatic heterocycles.